The molecular weight excluding hydrogens is 246 g/mol. The number of hydrogen-bond donors (Lipinski definition) is 0. The number of nitro benzene ring substituents is 1. The Hall–Kier alpha value is -1.46. The topological polar surface area (TPSA) is 61.6 Å². The lowest BCUT2D eigenvalue weighted by molar-refractivity contribution is -0.386. The molecule has 1 aromatic carbocycles. The summed E-state index contributed by atoms with van der Waals surface area (Å²) in [6.45, 7) is 1.93. The zero-order chi connectivity index (χ0) is 13.5. The van der Waals surface area contributed by atoms with Crippen LogP contribution in [0.15, 0.2) is 24.3 Å². The lowest BCUT2D eigenvalue weighted by Crippen LogP contribution is -2.26. The van der Waals surface area contributed by atoms with Crippen LogP contribution in [0, 0.1) is 10.1 Å². The summed E-state index contributed by atoms with van der Waals surface area (Å²) in [4.78, 5) is 10.8. The molecule has 2 aliphatic rings. The lowest BCUT2D eigenvalue weighted by Gasteiger charge is -2.21. The Kier molecular flexibility index (Phi) is 3.03. The largest absolute Gasteiger partial charge is 0.344 e. The Bertz CT molecular complexity index is 496. The molecule has 1 heterocycles. The first-order valence-corrected chi connectivity index (χ1v) is 6.70. The molecule has 2 atom stereocenters. The van der Waals surface area contributed by atoms with E-state index in [9.17, 15) is 10.1 Å². The number of hydrogen-bond acceptors (Lipinski definition) is 4. The van der Waals surface area contributed by atoms with E-state index in [1.165, 1.54) is 6.07 Å². The Balaban J connectivity index is 1.92. The molecule has 1 aliphatic heterocycles. The van der Waals surface area contributed by atoms with E-state index in [2.05, 4.69) is 0 Å². The van der Waals surface area contributed by atoms with Crippen LogP contribution in [0.3, 0.4) is 0 Å². The Morgan fingerprint density at radius 3 is 2.63 bits per heavy atom. The molecule has 0 aromatic heterocycles. The highest BCUT2D eigenvalue weighted by Crippen LogP contribution is 2.48. The quantitative estimate of drug-likeness (QED) is 0.606. The first kappa shape index (κ1) is 12.6. The van der Waals surface area contributed by atoms with E-state index in [1.807, 2.05) is 6.92 Å². The van der Waals surface area contributed by atoms with E-state index in [1.54, 1.807) is 18.2 Å². The smallest absolute Gasteiger partial charge is 0.275 e. The fourth-order valence-electron chi connectivity index (χ4n) is 3.12. The van der Waals surface area contributed by atoms with E-state index in [-0.39, 0.29) is 22.8 Å². The molecule has 5 nitrogen and oxygen atoms in total. The van der Waals surface area contributed by atoms with Crippen LogP contribution in [0.4, 0.5) is 5.69 Å². The van der Waals surface area contributed by atoms with Crippen LogP contribution in [0.1, 0.15) is 44.3 Å². The summed E-state index contributed by atoms with van der Waals surface area (Å²) in [5, 5.41) is 11.1. The van der Waals surface area contributed by atoms with Crippen LogP contribution in [0.5, 0.6) is 0 Å². The zero-order valence-electron chi connectivity index (χ0n) is 10.9. The van der Waals surface area contributed by atoms with Crippen molar-refractivity contribution in [1.29, 1.82) is 0 Å². The van der Waals surface area contributed by atoms with E-state index in [4.69, 9.17) is 9.47 Å². The number of nitrogens with zero attached hydrogens (tertiary/aromatic N) is 1. The third-order valence-corrected chi connectivity index (χ3v) is 3.97. The molecule has 19 heavy (non-hydrogen) atoms. The SMILES string of the molecule is CC1OC2(CCCC2)OC1c1ccccc1[N+](=O)[O-]. The number of rotatable bonds is 2. The highest BCUT2D eigenvalue weighted by Gasteiger charge is 2.49. The summed E-state index contributed by atoms with van der Waals surface area (Å²) in [5.74, 6) is -0.506. The van der Waals surface area contributed by atoms with Crippen molar-refractivity contribution in [2.75, 3.05) is 0 Å². The van der Waals surface area contributed by atoms with Gasteiger partial charge in [-0.2, -0.15) is 0 Å². The zero-order valence-corrected chi connectivity index (χ0v) is 10.9. The van der Waals surface area contributed by atoms with Crippen LogP contribution in [-0.2, 0) is 9.47 Å². The molecule has 0 amide bonds. The normalized spacial score (nSPS) is 28.9. The molecule has 2 fully saturated rings. The van der Waals surface area contributed by atoms with Gasteiger partial charge in [0.1, 0.15) is 6.10 Å². The van der Waals surface area contributed by atoms with Gasteiger partial charge in [-0.3, -0.25) is 10.1 Å². The molecule has 1 saturated heterocycles. The average Bonchev–Trinajstić information content (AvgIpc) is 2.97. The van der Waals surface area contributed by atoms with Crippen LogP contribution in [0.2, 0.25) is 0 Å². The Labute approximate surface area is 111 Å². The molecule has 1 spiro atoms. The second-order valence-electron chi connectivity index (χ2n) is 5.30. The minimum atomic E-state index is -0.506. The number of para-hydroxylation sites is 1. The third kappa shape index (κ3) is 2.13. The summed E-state index contributed by atoms with van der Waals surface area (Å²) in [6, 6.07) is 6.76. The molecule has 2 unspecified atom stereocenters. The van der Waals surface area contributed by atoms with Gasteiger partial charge in [0, 0.05) is 18.9 Å². The molecule has 5 heteroatoms. The average molecular weight is 263 g/mol. The van der Waals surface area contributed by atoms with E-state index in [0.29, 0.717) is 5.56 Å². The molecule has 102 valence electrons. The fraction of sp³-hybridized carbons (Fsp3) is 0.571. The number of benzene rings is 1. The summed E-state index contributed by atoms with van der Waals surface area (Å²) in [7, 11) is 0. The van der Waals surface area contributed by atoms with Gasteiger partial charge in [-0.25, -0.2) is 0 Å². The summed E-state index contributed by atoms with van der Waals surface area (Å²) < 4.78 is 12.0. The van der Waals surface area contributed by atoms with Gasteiger partial charge in [0.2, 0.25) is 0 Å². The van der Waals surface area contributed by atoms with Crippen LogP contribution < -0.4 is 0 Å². The minimum absolute atomic E-state index is 0.109. The Morgan fingerprint density at radius 2 is 1.95 bits per heavy atom. The lowest BCUT2D eigenvalue weighted by atomic mass is 10.0. The van der Waals surface area contributed by atoms with E-state index in [0.717, 1.165) is 25.7 Å². The first-order valence-electron chi connectivity index (χ1n) is 6.70. The maximum Gasteiger partial charge on any atom is 0.275 e. The molecule has 0 N–H and O–H groups in total. The van der Waals surface area contributed by atoms with Crippen molar-refractivity contribution in [1.82, 2.24) is 0 Å². The van der Waals surface area contributed by atoms with E-state index >= 15 is 0 Å². The van der Waals surface area contributed by atoms with Gasteiger partial charge in [0.15, 0.2) is 5.79 Å². The standard InChI is InChI=1S/C14H17NO4/c1-10-13(19-14(18-10)8-4-5-9-14)11-6-2-3-7-12(11)15(16)17/h2-3,6-7,10,13H,4-5,8-9H2,1H3. The van der Waals surface area contributed by atoms with Crippen molar-refractivity contribution >= 4 is 5.69 Å². The van der Waals surface area contributed by atoms with Crippen molar-refractivity contribution in [3.05, 3.63) is 39.9 Å². The van der Waals surface area contributed by atoms with Gasteiger partial charge < -0.3 is 9.47 Å². The van der Waals surface area contributed by atoms with Gasteiger partial charge in [0.05, 0.1) is 16.6 Å². The second-order valence-corrected chi connectivity index (χ2v) is 5.30. The summed E-state index contributed by atoms with van der Waals surface area (Å²) in [6.07, 6.45) is 3.45. The van der Waals surface area contributed by atoms with Crippen molar-refractivity contribution in [3.8, 4) is 0 Å². The molecule has 3 rings (SSSR count). The molecule has 1 aliphatic carbocycles. The maximum absolute atomic E-state index is 11.1. The van der Waals surface area contributed by atoms with E-state index < -0.39 is 5.79 Å². The summed E-state index contributed by atoms with van der Waals surface area (Å²) in [5.41, 5.74) is 0.724. The first-order chi connectivity index (χ1) is 9.11. The number of nitro groups is 1. The van der Waals surface area contributed by atoms with Crippen molar-refractivity contribution in [3.63, 3.8) is 0 Å². The van der Waals surface area contributed by atoms with Gasteiger partial charge in [-0.15, -0.1) is 0 Å². The molecule has 1 saturated carbocycles. The molecule has 0 bridgehead atoms. The highest BCUT2D eigenvalue weighted by molar-refractivity contribution is 5.42. The van der Waals surface area contributed by atoms with Crippen molar-refractivity contribution in [2.24, 2.45) is 0 Å². The highest BCUT2D eigenvalue weighted by atomic mass is 16.8. The van der Waals surface area contributed by atoms with Crippen molar-refractivity contribution < 1.29 is 14.4 Å². The molecule has 1 aromatic rings. The molecule has 0 radical (unpaired) electrons. The van der Waals surface area contributed by atoms with Gasteiger partial charge in [-0.1, -0.05) is 12.1 Å². The third-order valence-electron chi connectivity index (χ3n) is 3.97. The predicted molar refractivity (Wildman–Crippen MR) is 68.7 cm³/mol. The maximum atomic E-state index is 11.1. The predicted octanol–water partition coefficient (Wildman–Crippen LogP) is 3.34. The monoisotopic (exact) mass is 263 g/mol. The van der Waals surface area contributed by atoms with Crippen molar-refractivity contribution in [2.45, 2.75) is 50.6 Å². The molecular formula is C14H17NO4. The summed E-state index contributed by atoms with van der Waals surface area (Å²) >= 11 is 0. The van der Waals surface area contributed by atoms with Crippen LogP contribution in [0.25, 0.3) is 0 Å². The number of ether oxygens (including phenoxy) is 2. The fourth-order valence-corrected chi connectivity index (χ4v) is 3.12. The van der Waals surface area contributed by atoms with Crippen LogP contribution in [-0.4, -0.2) is 16.8 Å². The van der Waals surface area contributed by atoms with Gasteiger partial charge >= 0.3 is 0 Å². The Morgan fingerprint density at radius 1 is 1.26 bits per heavy atom. The second kappa shape index (κ2) is 4.58. The van der Waals surface area contributed by atoms with Gasteiger partial charge in [0.25, 0.3) is 5.69 Å². The van der Waals surface area contributed by atoms with Gasteiger partial charge in [-0.05, 0) is 25.8 Å². The van der Waals surface area contributed by atoms with Crippen LogP contribution >= 0.6 is 0 Å². The minimum Gasteiger partial charge on any atom is -0.344 e.